The molecular weight excluding hydrogens is 202 g/mol. The topological polar surface area (TPSA) is 35.6 Å². The van der Waals surface area contributed by atoms with Crippen LogP contribution in [0.1, 0.15) is 27.2 Å². The van der Waals surface area contributed by atoms with E-state index in [4.69, 9.17) is 0 Å². The molecule has 1 aliphatic heterocycles. The van der Waals surface area contributed by atoms with Gasteiger partial charge in [-0.2, -0.15) is 0 Å². The predicted octanol–water partition coefficient (Wildman–Crippen LogP) is 0.539. The van der Waals surface area contributed by atoms with Crippen molar-refractivity contribution in [3.63, 3.8) is 0 Å². The molecule has 1 rings (SSSR count). The van der Waals surface area contributed by atoms with E-state index < -0.39 is 0 Å². The average Bonchev–Trinajstić information content (AvgIpc) is 2.25. The molecule has 0 aromatic carbocycles. The molecule has 94 valence electrons. The van der Waals surface area contributed by atoms with Crippen LogP contribution in [0.5, 0.6) is 0 Å². The second kappa shape index (κ2) is 5.64. The smallest absolute Gasteiger partial charge is 0.223 e. The molecule has 0 radical (unpaired) electrons. The number of carbonyl (C=O) groups excluding carboxylic acids is 1. The number of nitrogens with one attached hydrogen (secondary N) is 1. The fourth-order valence-electron chi connectivity index (χ4n) is 2.02. The van der Waals surface area contributed by atoms with Crippen molar-refractivity contribution in [2.24, 2.45) is 0 Å². The molecule has 1 aliphatic rings. The summed E-state index contributed by atoms with van der Waals surface area (Å²) in [4.78, 5) is 16.2. The first-order valence-electron chi connectivity index (χ1n) is 6.12. The van der Waals surface area contributed by atoms with Crippen molar-refractivity contribution in [2.45, 2.75) is 32.7 Å². The van der Waals surface area contributed by atoms with Gasteiger partial charge in [-0.05, 0) is 27.8 Å². The zero-order valence-corrected chi connectivity index (χ0v) is 11.0. The third-order valence-electron chi connectivity index (χ3n) is 3.17. The van der Waals surface area contributed by atoms with Gasteiger partial charge >= 0.3 is 0 Å². The summed E-state index contributed by atoms with van der Waals surface area (Å²) in [7, 11) is 1.88. The first-order valence-corrected chi connectivity index (χ1v) is 6.12. The summed E-state index contributed by atoms with van der Waals surface area (Å²) in [6.45, 7) is 11.2. The molecule has 1 N–H and O–H groups in total. The maximum Gasteiger partial charge on any atom is 0.223 e. The molecule has 1 amide bonds. The number of amides is 1. The van der Waals surface area contributed by atoms with Gasteiger partial charge in [-0.1, -0.05) is 0 Å². The Bertz CT molecular complexity index is 227. The first-order chi connectivity index (χ1) is 7.45. The van der Waals surface area contributed by atoms with Crippen LogP contribution in [0.15, 0.2) is 0 Å². The minimum absolute atomic E-state index is 0.222. The van der Waals surface area contributed by atoms with E-state index >= 15 is 0 Å². The highest BCUT2D eigenvalue weighted by atomic mass is 16.2. The fourth-order valence-corrected chi connectivity index (χ4v) is 2.02. The molecular formula is C12H25N3O. The Kier molecular flexibility index (Phi) is 4.74. The predicted molar refractivity (Wildman–Crippen MR) is 66.4 cm³/mol. The number of nitrogens with zero attached hydrogens (tertiary/aromatic N) is 2. The van der Waals surface area contributed by atoms with Crippen molar-refractivity contribution in [2.75, 3.05) is 39.8 Å². The molecule has 4 heteroatoms. The maximum atomic E-state index is 11.8. The molecule has 0 aromatic heterocycles. The highest BCUT2D eigenvalue weighted by molar-refractivity contribution is 5.76. The van der Waals surface area contributed by atoms with E-state index in [9.17, 15) is 4.79 Å². The Balaban J connectivity index is 2.34. The van der Waals surface area contributed by atoms with E-state index in [-0.39, 0.29) is 11.4 Å². The van der Waals surface area contributed by atoms with Gasteiger partial charge in [0.2, 0.25) is 5.91 Å². The lowest BCUT2D eigenvalue weighted by Crippen LogP contribution is -2.54. The SMILES string of the molecule is CNCCC(=O)N1CCN(C(C)(C)C)CC1. The van der Waals surface area contributed by atoms with Gasteiger partial charge in [0, 0.05) is 44.7 Å². The van der Waals surface area contributed by atoms with E-state index in [2.05, 4.69) is 31.0 Å². The van der Waals surface area contributed by atoms with Crippen LogP contribution in [0.4, 0.5) is 0 Å². The van der Waals surface area contributed by atoms with Crippen LogP contribution in [0.25, 0.3) is 0 Å². The second-order valence-electron chi connectivity index (χ2n) is 5.39. The van der Waals surface area contributed by atoms with Crippen LogP contribution in [-0.4, -0.2) is 61.0 Å². The standard InChI is InChI=1S/C12H25N3O/c1-12(2,3)15-9-7-14(8-10-15)11(16)5-6-13-4/h13H,5-10H2,1-4H3. The van der Waals surface area contributed by atoms with Gasteiger partial charge < -0.3 is 10.2 Å². The quantitative estimate of drug-likeness (QED) is 0.764. The molecule has 1 saturated heterocycles. The first kappa shape index (κ1) is 13.5. The Labute approximate surface area is 99.0 Å². The summed E-state index contributed by atoms with van der Waals surface area (Å²) >= 11 is 0. The van der Waals surface area contributed by atoms with Crippen molar-refractivity contribution in [1.82, 2.24) is 15.1 Å². The van der Waals surface area contributed by atoms with Gasteiger partial charge in [0.1, 0.15) is 0 Å². The average molecular weight is 227 g/mol. The number of carbonyl (C=O) groups is 1. The highest BCUT2D eigenvalue weighted by Gasteiger charge is 2.27. The van der Waals surface area contributed by atoms with Crippen LogP contribution >= 0.6 is 0 Å². The van der Waals surface area contributed by atoms with Gasteiger partial charge in [-0.25, -0.2) is 0 Å². The van der Waals surface area contributed by atoms with Gasteiger partial charge in [-0.3, -0.25) is 9.69 Å². The van der Waals surface area contributed by atoms with Crippen LogP contribution < -0.4 is 5.32 Å². The Hall–Kier alpha value is -0.610. The molecule has 4 nitrogen and oxygen atoms in total. The van der Waals surface area contributed by atoms with Crippen molar-refractivity contribution < 1.29 is 4.79 Å². The molecule has 0 saturated carbocycles. The van der Waals surface area contributed by atoms with Crippen LogP contribution in [-0.2, 0) is 4.79 Å². The number of rotatable bonds is 3. The fraction of sp³-hybridized carbons (Fsp3) is 0.917. The Morgan fingerprint density at radius 3 is 2.19 bits per heavy atom. The summed E-state index contributed by atoms with van der Waals surface area (Å²) in [5.41, 5.74) is 0.222. The zero-order chi connectivity index (χ0) is 12.2. The van der Waals surface area contributed by atoms with E-state index in [1.54, 1.807) is 0 Å². The summed E-state index contributed by atoms with van der Waals surface area (Å²) in [5, 5.41) is 3.01. The van der Waals surface area contributed by atoms with E-state index in [1.807, 2.05) is 11.9 Å². The third kappa shape index (κ3) is 3.76. The van der Waals surface area contributed by atoms with Crippen LogP contribution in [0, 0.1) is 0 Å². The molecule has 0 aliphatic carbocycles. The van der Waals surface area contributed by atoms with Gasteiger partial charge in [0.05, 0.1) is 0 Å². The summed E-state index contributed by atoms with van der Waals surface area (Å²) < 4.78 is 0. The Morgan fingerprint density at radius 2 is 1.75 bits per heavy atom. The monoisotopic (exact) mass is 227 g/mol. The maximum absolute atomic E-state index is 11.8. The molecule has 0 atom stereocenters. The number of piperazine rings is 1. The van der Waals surface area contributed by atoms with Gasteiger partial charge in [0.25, 0.3) is 0 Å². The van der Waals surface area contributed by atoms with Crippen LogP contribution in [0.2, 0.25) is 0 Å². The largest absolute Gasteiger partial charge is 0.340 e. The lowest BCUT2D eigenvalue weighted by molar-refractivity contribution is -0.133. The molecule has 0 spiro atoms. The molecule has 1 heterocycles. The van der Waals surface area contributed by atoms with E-state index in [0.29, 0.717) is 6.42 Å². The molecule has 0 bridgehead atoms. The second-order valence-corrected chi connectivity index (χ2v) is 5.39. The number of hydrogen-bond donors (Lipinski definition) is 1. The highest BCUT2D eigenvalue weighted by Crippen LogP contribution is 2.15. The van der Waals surface area contributed by atoms with Crippen molar-refractivity contribution >= 4 is 5.91 Å². The molecule has 16 heavy (non-hydrogen) atoms. The number of hydrogen-bond acceptors (Lipinski definition) is 3. The lowest BCUT2D eigenvalue weighted by Gasteiger charge is -2.42. The van der Waals surface area contributed by atoms with E-state index in [1.165, 1.54) is 0 Å². The zero-order valence-electron chi connectivity index (χ0n) is 11.0. The normalized spacial score (nSPS) is 18.9. The minimum Gasteiger partial charge on any atom is -0.340 e. The molecule has 1 fully saturated rings. The molecule has 0 aromatic rings. The van der Waals surface area contributed by atoms with Crippen molar-refractivity contribution in [3.05, 3.63) is 0 Å². The summed E-state index contributed by atoms with van der Waals surface area (Å²) in [6, 6.07) is 0. The molecule has 0 unspecified atom stereocenters. The Morgan fingerprint density at radius 1 is 1.19 bits per heavy atom. The van der Waals surface area contributed by atoms with Gasteiger partial charge in [-0.15, -0.1) is 0 Å². The van der Waals surface area contributed by atoms with E-state index in [0.717, 1.165) is 32.7 Å². The summed E-state index contributed by atoms with van der Waals surface area (Å²) in [6.07, 6.45) is 0.617. The summed E-state index contributed by atoms with van der Waals surface area (Å²) in [5.74, 6) is 0.280. The lowest BCUT2D eigenvalue weighted by atomic mass is 10.0. The van der Waals surface area contributed by atoms with Gasteiger partial charge in [0.15, 0.2) is 0 Å². The van der Waals surface area contributed by atoms with Crippen molar-refractivity contribution in [3.8, 4) is 0 Å². The van der Waals surface area contributed by atoms with Crippen molar-refractivity contribution in [1.29, 1.82) is 0 Å². The third-order valence-corrected chi connectivity index (χ3v) is 3.17. The van der Waals surface area contributed by atoms with Crippen LogP contribution in [0.3, 0.4) is 0 Å². The minimum atomic E-state index is 0.222.